The summed E-state index contributed by atoms with van der Waals surface area (Å²) in [5, 5.41) is 0. The third kappa shape index (κ3) is 23.3. The molecule has 0 N–H and O–H groups in total. The molecule has 2 aromatic carbocycles. The van der Waals surface area contributed by atoms with Gasteiger partial charge < -0.3 is 37.9 Å². The predicted octanol–water partition coefficient (Wildman–Crippen LogP) is 5.49. The molecule has 0 spiro atoms. The molecule has 0 saturated carbocycles. The molecule has 0 aromatic heterocycles. The van der Waals surface area contributed by atoms with Gasteiger partial charge in [0, 0.05) is 0 Å². The van der Waals surface area contributed by atoms with Crippen molar-refractivity contribution >= 4 is 10.1 Å². The standard InChI is InChI=1S/C36H58O11S/c1-2-3-4-5-6-8-11-34-14-16-35(17-15-34)46-32-30-44-28-26-42-24-22-40-20-18-39-19-21-41-23-25-43-27-29-45-31-33-47-48(37,38)36-12-9-7-10-13-36/h7,9-10,12-17H,2-6,8,11,18-33H2,1H3. The molecular formula is C36H58O11S. The lowest BCUT2D eigenvalue weighted by Gasteiger charge is -2.09. The van der Waals surface area contributed by atoms with E-state index in [1.807, 2.05) is 12.1 Å². The van der Waals surface area contributed by atoms with Gasteiger partial charge in [-0.3, -0.25) is 4.18 Å². The summed E-state index contributed by atoms with van der Waals surface area (Å²) < 4.78 is 72.9. The maximum Gasteiger partial charge on any atom is 0.297 e. The predicted molar refractivity (Wildman–Crippen MR) is 184 cm³/mol. The highest BCUT2D eigenvalue weighted by Crippen LogP contribution is 2.15. The molecule has 0 fully saturated rings. The summed E-state index contributed by atoms with van der Waals surface area (Å²) in [7, 11) is -3.75. The Morgan fingerprint density at radius 3 is 1.35 bits per heavy atom. The first-order chi connectivity index (χ1) is 23.6. The fraction of sp³-hybridized carbons (Fsp3) is 0.667. The molecule has 0 atom stereocenters. The molecular weight excluding hydrogens is 640 g/mol. The Morgan fingerprint density at radius 2 is 0.875 bits per heavy atom. The second-order valence-electron chi connectivity index (χ2n) is 10.9. The van der Waals surface area contributed by atoms with Gasteiger partial charge in [0.25, 0.3) is 10.1 Å². The second-order valence-corrected chi connectivity index (χ2v) is 12.5. The molecule has 0 radical (unpaired) electrons. The molecule has 2 aromatic rings. The van der Waals surface area contributed by atoms with Crippen LogP contribution in [0.25, 0.3) is 0 Å². The molecule has 11 nitrogen and oxygen atoms in total. The monoisotopic (exact) mass is 698 g/mol. The van der Waals surface area contributed by atoms with Crippen LogP contribution in [-0.2, 0) is 53.9 Å². The smallest absolute Gasteiger partial charge is 0.297 e. The number of rotatable bonds is 34. The summed E-state index contributed by atoms with van der Waals surface area (Å²) in [6.07, 6.45) is 9.05. The first-order valence-corrected chi connectivity index (χ1v) is 18.7. The molecule has 0 amide bonds. The molecule has 0 aliphatic carbocycles. The summed E-state index contributed by atoms with van der Waals surface area (Å²) >= 11 is 0. The van der Waals surface area contributed by atoms with Crippen molar-refractivity contribution in [3.05, 3.63) is 60.2 Å². The zero-order valence-electron chi connectivity index (χ0n) is 28.9. The van der Waals surface area contributed by atoms with Crippen LogP contribution >= 0.6 is 0 Å². The molecule has 12 heteroatoms. The molecule has 0 bridgehead atoms. The summed E-state index contributed by atoms with van der Waals surface area (Å²) in [5.74, 6) is 0.876. The van der Waals surface area contributed by atoms with Gasteiger partial charge in [-0.25, -0.2) is 0 Å². The van der Waals surface area contributed by atoms with Crippen molar-refractivity contribution in [1.29, 1.82) is 0 Å². The third-order valence-electron chi connectivity index (χ3n) is 6.97. The van der Waals surface area contributed by atoms with E-state index in [1.165, 1.54) is 56.2 Å². The Hall–Kier alpha value is -2.13. The first-order valence-electron chi connectivity index (χ1n) is 17.3. The van der Waals surface area contributed by atoms with Crippen molar-refractivity contribution in [3.8, 4) is 5.75 Å². The van der Waals surface area contributed by atoms with Gasteiger partial charge in [-0.1, -0.05) is 69.4 Å². The minimum atomic E-state index is -3.75. The second kappa shape index (κ2) is 29.8. The van der Waals surface area contributed by atoms with Crippen LogP contribution in [0, 0.1) is 0 Å². The van der Waals surface area contributed by atoms with E-state index in [4.69, 9.17) is 42.1 Å². The zero-order valence-corrected chi connectivity index (χ0v) is 29.7. The summed E-state index contributed by atoms with van der Waals surface area (Å²) in [4.78, 5) is 0.124. The van der Waals surface area contributed by atoms with Gasteiger partial charge >= 0.3 is 0 Å². The number of hydrogen-bond donors (Lipinski definition) is 0. The van der Waals surface area contributed by atoms with Crippen LogP contribution in [0.3, 0.4) is 0 Å². The van der Waals surface area contributed by atoms with Crippen LogP contribution in [0.2, 0.25) is 0 Å². The SMILES string of the molecule is CCCCCCCCc1ccc(OCCOCCOCCOCCOCCOCCOCCOCCOS(=O)(=O)c2ccccc2)cc1. The molecule has 0 saturated heterocycles. The van der Waals surface area contributed by atoms with E-state index < -0.39 is 10.1 Å². The minimum absolute atomic E-state index is 0.0542. The van der Waals surface area contributed by atoms with Crippen LogP contribution in [-0.4, -0.2) is 114 Å². The third-order valence-corrected chi connectivity index (χ3v) is 8.30. The van der Waals surface area contributed by atoms with E-state index in [0.29, 0.717) is 92.5 Å². The lowest BCUT2D eigenvalue weighted by molar-refractivity contribution is -0.0218. The minimum Gasteiger partial charge on any atom is -0.491 e. The quantitative estimate of drug-likeness (QED) is 0.0683. The van der Waals surface area contributed by atoms with E-state index in [1.54, 1.807) is 18.2 Å². The van der Waals surface area contributed by atoms with Crippen LogP contribution in [0.4, 0.5) is 0 Å². The maximum absolute atomic E-state index is 12.0. The zero-order chi connectivity index (χ0) is 34.2. The van der Waals surface area contributed by atoms with Crippen LogP contribution in [0.1, 0.15) is 51.0 Å². The highest BCUT2D eigenvalue weighted by atomic mass is 32.2. The van der Waals surface area contributed by atoms with E-state index in [2.05, 4.69) is 19.1 Å². The lowest BCUT2D eigenvalue weighted by atomic mass is 10.0. The number of unbranched alkanes of at least 4 members (excludes halogenated alkanes) is 5. The molecule has 0 aliphatic heterocycles. The molecule has 48 heavy (non-hydrogen) atoms. The molecule has 2 rings (SSSR count). The Kier molecular flexibility index (Phi) is 26.1. The van der Waals surface area contributed by atoms with E-state index in [9.17, 15) is 8.42 Å². The van der Waals surface area contributed by atoms with Gasteiger partial charge in [0.1, 0.15) is 12.4 Å². The van der Waals surface area contributed by atoms with Crippen molar-refractivity contribution in [2.75, 3.05) is 106 Å². The van der Waals surface area contributed by atoms with Crippen molar-refractivity contribution in [2.45, 2.75) is 56.8 Å². The highest BCUT2D eigenvalue weighted by Gasteiger charge is 2.13. The topological polar surface area (TPSA) is 117 Å². The van der Waals surface area contributed by atoms with Gasteiger partial charge in [-0.05, 0) is 42.7 Å². The van der Waals surface area contributed by atoms with E-state index in [0.717, 1.165) is 12.2 Å². The highest BCUT2D eigenvalue weighted by molar-refractivity contribution is 7.86. The van der Waals surface area contributed by atoms with Crippen molar-refractivity contribution in [3.63, 3.8) is 0 Å². The lowest BCUT2D eigenvalue weighted by Crippen LogP contribution is -2.15. The number of aryl methyl sites for hydroxylation is 1. The van der Waals surface area contributed by atoms with Crippen molar-refractivity contribution in [2.24, 2.45) is 0 Å². The average molecular weight is 699 g/mol. The molecule has 0 aliphatic rings. The van der Waals surface area contributed by atoms with Gasteiger partial charge in [-0.15, -0.1) is 0 Å². The molecule has 274 valence electrons. The summed E-state index contributed by atoms with van der Waals surface area (Å²) in [5.41, 5.74) is 1.37. The number of ether oxygens (including phenoxy) is 8. The molecule has 0 unspecified atom stereocenters. The van der Waals surface area contributed by atoms with Gasteiger partial charge in [0.2, 0.25) is 0 Å². The van der Waals surface area contributed by atoms with Crippen LogP contribution in [0.15, 0.2) is 59.5 Å². The average Bonchev–Trinajstić information content (AvgIpc) is 3.10. The largest absolute Gasteiger partial charge is 0.491 e. The van der Waals surface area contributed by atoms with Gasteiger partial charge in [0.15, 0.2) is 0 Å². The molecule has 0 heterocycles. The van der Waals surface area contributed by atoms with Crippen molar-refractivity contribution in [1.82, 2.24) is 0 Å². The fourth-order valence-corrected chi connectivity index (χ4v) is 5.27. The van der Waals surface area contributed by atoms with Gasteiger partial charge in [0.05, 0.1) is 104 Å². The maximum atomic E-state index is 12.0. The number of hydrogen-bond acceptors (Lipinski definition) is 11. The van der Waals surface area contributed by atoms with E-state index >= 15 is 0 Å². The van der Waals surface area contributed by atoms with Crippen molar-refractivity contribution < 1.29 is 50.5 Å². The normalized spacial score (nSPS) is 11.7. The van der Waals surface area contributed by atoms with Gasteiger partial charge in [-0.2, -0.15) is 8.42 Å². The van der Waals surface area contributed by atoms with Crippen LogP contribution < -0.4 is 4.74 Å². The summed E-state index contributed by atoms with van der Waals surface area (Å²) in [6, 6.07) is 16.4. The Balaban J connectivity index is 1.23. The Morgan fingerprint density at radius 1 is 0.458 bits per heavy atom. The first kappa shape index (κ1) is 42.0. The van der Waals surface area contributed by atoms with Crippen LogP contribution in [0.5, 0.6) is 5.75 Å². The van der Waals surface area contributed by atoms with E-state index in [-0.39, 0.29) is 18.1 Å². The Labute approximate surface area is 288 Å². The summed E-state index contributed by atoms with van der Waals surface area (Å²) in [6.45, 7) is 8.91. The number of benzene rings is 2. The fourth-order valence-electron chi connectivity index (χ4n) is 4.36. The Bertz CT molecular complexity index is 1080.